The molecule has 2 fully saturated rings. The number of aromatic nitrogens is 3. The SMILES string of the molecule is C=CCCCCn1c(=O)c(C2CCS(=O)(=O)CC2)cc2c(N[C@H](C)c3cccc(C(F)(F)CCC4CCN(C(=O)O)CC4)c3F)ncnc21. The Labute approximate surface area is 284 Å². The van der Waals surface area contributed by atoms with Gasteiger partial charge in [0.15, 0.2) is 0 Å². The van der Waals surface area contributed by atoms with E-state index in [0.717, 1.165) is 18.9 Å². The average molecular weight is 704 g/mol. The van der Waals surface area contributed by atoms with E-state index in [4.69, 9.17) is 5.11 Å². The van der Waals surface area contributed by atoms with E-state index in [1.165, 1.54) is 23.4 Å². The summed E-state index contributed by atoms with van der Waals surface area (Å²) in [6, 6.07) is 4.84. The standard InChI is InChI=1S/C35H44F3N5O5S/c1-3-4-5-6-16-43-32-28(21-27(33(43)44)25-13-19-49(47,48)20-14-25)31(39-22-40-32)41-23(2)26-8-7-9-29(30(26)36)35(37,38)15-10-24-11-17-42(18-12-24)34(45)46/h3,7-9,21-25H,1,4-6,10-20H2,2H3,(H,45,46)(H,39,40,41)/t23-/m1/s1. The first kappa shape index (κ1) is 36.3. The highest BCUT2D eigenvalue weighted by Gasteiger charge is 2.37. The number of carbonyl (C=O) groups is 1. The molecule has 1 aromatic carbocycles. The van der Waals surface area contributed by atoms with Gasteiger partial charge in [0.2, 0.25) is 0 Å². The number of carboxylic acid groups (broad SMARTS) is 1. The Balaban J connectivity index is 1.40. The number of pyridine rings is 1. The Kier molecular flexibility index (Phi) is 11.4. The molecule has 266 valence electrons. The lowest BCUT2D eigenvalue weighted by atomic mass is 9.89. The number of rotatable bonds is 13. The highest BCUT2D eigenvalue weighted by Crippen LogP contribution is 2.39. The van der Waals surface area contributed by atoms with Gasteiger partial charge in [-0.3, -0.25) is 9.36 Å². The Morgan fingerprint density at radius 1 is 1.16 bits per heavy atom. The molecule has 1 atom stereocenters. The van der Waals surface area contributed by atoms with E-state index >= 15 is 13.2 Å². The number of aryl methyl sites for hydroxylation is 1. The van der Waals surface area contributed by atoms with Gasteiger partial charge in [0.25, 0.3) is 11.5 Å². The molecule has 0 saturated carbocycles. The third-order valence-electron chi connectivity index (χ3n) is 9.94. The number of halogens is 3. The fourth-order valence-electron chi connectivity index (χ4n) is 6.96. The van der Waals surface area contributed by atoms with Crippen LogP contribution >= 0.6 is 0 Å². The summed E-state index contributed by atoms with van der Waals surface area (Å²) in [5.74, 6) is -4.51. The molecule has 2 aliphatic heterocycles. The molecule has 10 nitrogen and oxygen atoms in total. The first-order valence-corrected chi connectivity index (χ1v) is 18.7. The van der Waals surface area contributed by atoms with Crippen molar-refractivity contribution in [3.8, 4) is 0 Å². The third-order valence-corrected chi connectivity index (χ3v) is 11.7. The Bertz CT molecular complexity index is 1830. The molecule has 0 bridgehead atoms. The molecule has 1 amide bonds. The molecule has 2 aromatic heterocycles. The lowest BCUT2D eigenvalue weighted by molar-refractivity contribution is -0.0248. The van der Waals surface area contributed by atoms with Gasteiger partial charge in [-0.05, 0) is 76.2 Å². The monoisotopic (exact) mass is 703 g/mol. The number of amides is 1. The Morgan fingerprint density at radius 3 is 2.55 bits per heavy atom. The maximum Gasteiger partial charge on any atom is 0.407 e. The lowest BCUT2D eigenvalue weighted by Crippen LogP contribution is -2.37. The maximum absolute atomic E-state index is 15.9. The second-order valence-corrected chi connectivity index (χ2v) is 15.6. The number of piperidine rings is 1. The van der Waals surface area contributed by atoms with Crippen molar-refractivity contribution in [2.24, 2.45) is 5.92 Å². The molecule has 49 heavy (non-hydrogen) atoms. The van der Waals surface area contributed by atoms with Crippen molar-refractivity contribution < 1.29 is 31.5 Å². The normalized spacial score (nSPS) is 18.0. The topological polar surface area (TPSA) is 134 Å². The van der Waals surface area contributed by atoms with Crippen LogP contribution in [0, 0.1) is 11.7 Å². The number of alkyl halides is 2. The minimum atomic E-state index is -3.44. The molecule has 4 heterocycles. The number of hydrogen-bond donors (Lipinski definition) is 2. The van der Waals surface area contributed by atoms with Crippen LogP contribution in [0.3, 0.4) is 0 Å². The zero-order chi connectivity index (χ0) is 35.3. The van der Waals surface area contributed by atoms with Crippen LogP contribution in [0.1, 0.15) is 93.4 Å². The fourth-order valence-corrected chi connectivity index (χ4v) is 8.45. The van der Waals surface area contributed by atoms with Crippen molar-refractivity contribution in [3.63, 3.8) is 0 Å². The number of fused-ring (bicyclic) bond motifs is 1. The summed E-state index contributed by atoms with van der Waals surface area (Å²) >= 11 is 0. The lowest BCUT2D eigenvalue weighted by Gasteiger charge is -2.31. The minimum Gasteiger partial charge on any atom is -0.465 e. The highest BCUT2D eigenvalue weighted by molar-refractivity contribution is 7.91. The van der Waals surface area contributed by atoms with Crippen LogP contribution in [0.2, 0.25) is 0 Å². The number of likely N-dealkylation sites (tertiary alicyclic amines) is 1. The van der Waals surface area contributed by atoms with Gasteiger partial charge in [-0.1, -0.05) is 24.3 Å². The first-order chi connectivity index (χ1) is 23.3. The summed E-state index contributed by atoms with van der Waals surface area (Å²) in [6.45, 7) is 6.36. The summed E-state index contributed by atoms with van der Waals surface area (Å²) in [4.78, 5) is 35.1. The van der Waals surface area contributed by atoms with Crippen LogP contribution in [0.25, 0.3) is 11.0 Å². The molecule has 3 aromatic rings. The molecule has 2 aliphatic rings. The number of allylic oxidation sites excluding steroid dienone is 1. The van der Waals surface area contributed by atoms with Gasteiger partial charge in [-0.15, -0.1) is 6.58 Å². The minimum absolute atomic E-state index is 0.00779. The van der Waals surface area contributed by atoms with Crippen LogP contribution in [-0.4, -0.2) is 63.6 Å². The summed E-state index contributed by atoms with van der Waals surface area (Å²) < 4.78 is 72.8. The molecule has 0 aliphatic carbocycles. The number of nitrogens with zero attached hydrogens (tertiary/aromatic N) is 4. The van der Waals surface area contributed by atoms with Crippen LogP contribution in [-0.2, 0) is 22.3 Å². The molecule has 5 rings (SSSR count). The number of sulfone groups is 1. The van der Waals surface area contributed by atoms with E-state index in [2.05, 4.69) is 21.9 Å². The van der Waals surface area contributed by atoms with Gasteiger partial charge in [0, 0.05) is 37.2 Å². The predicted molar refractivity (Wildman–Crippen MR) is 182 cm³/mol. The number of nitrogens with one attached hydrogen (secondary N) is 1. The molecule has 14 heteroatoms. The van der Waals surface area contributed by atoms with Crippen LogP contribution in [0.5, 0.6) is 0 Å². The summed E-state index contributed by atoms with van der Waals surface area (Å²) in [7, 11) is -3.16. The second-order valence-electron chi connectivity index (χ2n) is 13.3. The third kappa shape index (κ3) is 8.45. The summed E-state index contributed by atoms with van der Waals surface area (Å²) in [5.41, 5.74) is -0.0683. The van der Waals surface area contributed by atoms with Gasteiger partial charge in [0.05, 0.1) is 28.5 Å². The summed E-state index contributed by atoms with van der Waals surface area (Å²) in [5, 5.41) is 12.8. The smallest absolute Gasteiger partial charge is 0.407 e. The zero-order valence-corrected chi connectivity index (χ0v) is 28.5. The molecule has 0 unspecified atom stereocenters. The average Bonchev–Trinajstić information content (AvgIpc) is 3.07. The zero-order valence-electron chi connectivity index (χ0n) is 27.7. The number of unbranched alkanes of at least 4 members (excludes halogenated alkanes) is 2. The van der Waals surface area contributed by atoms with Crippen molar-refractivity contribution in [1.82, 2.24) is 19.4 Å². The van der Waals surface area contributed by atoms with Gasteiger partial charge in [-0.2, -0.15) is 0 Å². The number of anilines is 1. The molecule has 2 saturated heterocycles. The van der Waals surface area contributed by atoms with E-state index in [-0.39, 0.29) is 40.9 Å². The largest absolute Gasteiger partial charge is 0.465 e. The van der Waals surface area contributed by atoms with Crippen molar-refractivity contribution in [2.75, 3.05) is 29.9 Å². The predicted octanol–water partition coefficient (Wildman–Crippen LogP) is 7.01. The molecule has 0 radical (unpaired) electrons. The van der Waals surface area contributed by atoms with Gasteiger partial charge in [0.1, 0.15) is 33.4 Å². The molecular weight excluding hydrogens is 659 g/mol. The van der Waals surface area contributed by atoms with Crippen LogP contribution in [0.15, 0.2) is 48.0 Å². The van der Waals surface area contributed by atoms with Crippen molar-refractivity contribution >= 4 is 32.8 Å². The van der Waals surface area contributed by atoms with E-state index in [9.17, 15) is 18.0 Å². The Hall–Kier alpha value is -3.94. The van der Waals surface area contributed by atoms with Gasteiger partial charge >= 0.3 is 6.09 Å². The fraction of sp³-hybridized carbons (Fsp3) is 0.543. The Morgan fingerprint density at radius 2 is 1.88 bits per heavy atom. The van der Waals surface area contributed by atoms with Crippen LogP contribution < -0.4 is 10.9 Å². The number of benzene rings is 1. The van der Waals surface area contributed by atoms with Crippen molar-refractivity contribution in [1.29, 1.82) is 0 Å². The van der Waals surface area contributed by atoms with Crippen molar-refractivity contribution in [3.05, 3.63) is 76.1 Å². The van der Waals surface area contributed by atoms with E-state index in [0.29, 0.717) is 74.2 Å². The van der Waals surface area contributed by atoms with Gasteiger partial charge in [-0.25, -0.2) is 36.4 Å². The quantitative estimate of drug-likeness (QED) is 0.143. The van der Waals surface area contributed by atoms with Crippen molar-refractivity contribution in [2.45, 2.75) is 89.1 Å². The number of hydrogen-bond acceptors (Lipinski definition) is 7. The van der Waals surface area contributed by atoms with E-state index in [1.54, 1.807) is 17.6 Å². The van der Waals surface area contributed by atoms with E-state index in [1.807, 2.05) is 6.08 Å². The first-order valence-electron chi connectivity index (χ1n) is 16.9. The second kappa shape index (κ2) is 15.3. The molecule has 0 spiro atoms. The maximum atomic E-state index is 15.9. The highest BCUT2D eigenvalue weighted by atomic mass is 32.2. The molecular formula is C35H44F3N5O5S. The van der Waals surface area contributed by atoms with Gasteiger partial charge < -0.3 is 15.3 Å². The van der Waals surface area contributed by atoms with Crippen LogP contribution in [0.4, 0.5) is 23.8 Å². The summed E-state index contributed by atoms with van der Waals surface area (Å²) in [6.07, 6.45) is 5.56. The molecule has 2 N–H and O–H groups in total. The van der Waals surface area contributed by atoms with E-state index < -0.39 is 45.7 Å².